The number of carbonyl (C=O) groups excluding carboxylic acids is 1. The van der Waals surface area contributed by atoms with Crippen molar-refractivity contribution in [2.45, 2.75) is 44.2 Å². The van der Waals surface area contributed by atoms with Gasteiger partial charge in [0.1, 0.15) is 11.6 Å². The molecular weight excluding hydrogens is 498 g/mol. The molecule has 0 heterocycles. The highest BCUT2D eigenvalue weighted by Gasteiger charge is 2.23. The van der Waals surface area contributed by atoms with Gasteiger partial charge in [0.25, 0.3) is 5.91 Å². The van der Waals surface area contributed by atoms with Crippen LogP contribution in [0.2, 0.25) is 0 Å². The maximum Gasteiger partial charge on any atom is 0.251 e. The summed E-state index contributed by atoms with van der Waals surface area (Å²) in [6.45, 7) is 2.70. The first kappa shape index (κ1) is 28.4. The number of halogens is 2. The van der Waals surface area contributed by atoms with Crippen LogP contribution in [-0.2, 0) is 35.0 Å². The highest BCUT2D eigenvalue weighted by molar-refractivity contribution is 7.89. The van der Waals surface area contributed by atoms with Crippen LogP contribution in [0.1, 0.15) is 39.5 Å². The van der Waals surface area contributed by atoms with Crippen LogP contribution in [0.3, 0.4) is 0 Å². The van der Waals surface area contributed by atoms with Crippen LogP contribution in [0, 0.1) is 11.6 Å². The maximum atomic E-state index is 13.8. The number of hydrogen-bond acceptors (Lipinski definition) is 5. The van der Waals surface area contributed by atoms with Gasteiger partial charge in [0.15, 0.2) is 9.84 Å². The number of amides is 1. The molecule has 0 aromatic heterocycles. The lowest BCUT2D eigenvalue weighted by molar-refractivity contribution is 0.0830. The standard InChI is InChI=1S/C28H32F2N2O4S/c1-3-19-5-4-6-21(11-19)16-31-17-27(33)26(14-22-12-24(29)15-25(30)13-22)32-28(34)23-9-7-20(8-10-23)18-37(2,35)36/h4-13,15,26-27,31,33H,3,14,16-18H2,1-2H3,(H,32,34)/t26-,27-/m0/s1. The van der Waals surface area contributed by atoms with Crippen LogP contribution in [0.5, 0.6) is 0 Å². The monoisotopic (exact) mass is 530 g/mol. The Morgan fingerprint density at radius 3 is 2.19 bits per heavy atom. The van der Waals surface area contributed by atoms with E-state index in [-0.39, 0.29) is 24.3 Å². The van der Waals surface area contributed by atoms with Gasteiger partial charge < -0.3 is 15.7 Å². The lowest BCUT2D eigenvalue weighted by atomic mass is 10.00. The summed E-state index contributed by atoms with van der Waals surface area (Å²) in [7, 11) is -3.22. The molecule has 0 bridgehead atoms. The molecule has 2 atom stereocenters. The molecule has 1 amide bonds. The fourth-order valence-corrected chi connectivity index (χ4v) is 4.84. The van der Waals surface area contributed by atoms with E-state index in [1.54, 1.807) is 12.1 Å². The fraction of sp³-hybridized carbons (Fsp3) is 0.321. The Bertz CT molecular complexity index is 1290. The molecule has 0 saturated heterocycles. The summed E-state index contributed by atoms with van der Waals surface area (Å²) < 4.78 is 50.5. The summed E-state index contributed by atoms with van der Waals surface area (Å²) in [4.78, 5) is 12.9. The van der Waals surface area contributed by atoms with E-state index in [0.29, 0.717) is 17.7 Å². The number of carbonyl (C=O) groups is 1. The molecule has 0 unspecified atom stereocenters. The number of aliphatic hydroxyl groups excluding tert-OH is 1. The van der Waals surface area contributed by atoms with E-state index in [4.69, 9.17) is 0 Å². The zero-order valence-corrected chi connectivity index (χ0v) is 21.7. The van der Waals surface area contributed by atoms with Crippen LogP contribution in [0.25, 0.3) is 0 Å². The van der Waals surface area contributed by atoms with Crippen molar-refractivity contribution in [3.63, 3.8) is 0 Å². The van der Waals surface area contributed by atoms with Gasteiger partial charge in [-0.2, -0.15) is 0 Å². The van der Waals surface area contributed by atoms with Crippen molar-refractivity contribution in [3.05, 3.63) is 106 Å². The van der Waals surface area contributed by atoms with E-state index in [2.05, 4.69) is 23.6 Å². The molecule has 3 aromatic rings. The molecule has 0 spiro atoms. The molecule has 9 heteroatoms. The van der Waals surface area contributed by atoms with Crippen LogP contribution in [0.4, 0.5) is 8.78 Å². The van der Waals surface area contributed by atoms with Gasteiger partial charge in [0, 0.05) is 31.0 Å². The van der Waals surface area contributed by atoms with E-state index in [1.807, 2.05) is 18.2 Å². The molecule has 0 aliphatic rings. The molecule has 6 nitrogen and oxygen atoms in total. The second-order valence-electron chi connectivity index (χ2n) is 9.20. The zero-order valence-electron chi connectivity index (χ0n) is 20.9. The van der Waals surface area contributed by atoms with Crippen molar-refractivity contribution < 1.29 is 27.1 Å². The van der Waals surface area contributed by atoms with Gasteiger partial charge in [-0.1, -0.05) is 43.3 Å². The molecule has 0 aliphatic carbocycles. The maximum absolute atomic E-state index is 13.8. The van der Waals surface area contributed by atoms with Crippen molar-refractivity contribution in [2.24, 2.45) is 0 Å². The lowest BCUT2D eigenvalue weighted by Crippen LogP contribution is -2.48. The second-order valence-corrected chi connectivity index (χ2v) is 11.3. The zero-order chi connectivity index (χ0) is 27.0. The van der Waals surface area contributed by atoms with E-state index < -0.39 is 39.5 Å². The molecule has 0 fully saturated rings. The third-order valence-corrected chi connectivity index (χ3v) is 6.74. The molecular formula is C28H32F2N2O4S. The van der Waals surface area contributed by atoms with E-state index >= 15 is 0 Å². The minimum absolute atomic E-state index is 0.000742. The van der Waals surface area contributed by atoms with Crippen LogP contribution >= 0.6 is 0 Å². The van der Waals surface area contributed by atoms with E-state index in [0.717, 1.165) is 24.3 Å². The fourth-order valence-electron chi connectivity index (χ4n) is 4.04. The van der Waals surface area contributed by atoms with Gasteiger partial charge in [0.2, 0.25) is 0 Å². The highest BCUT2D eigenvalue weighted by atomic mass is 32.2. The van der Waals surface area contributed by atoms with Gasteiger partial charge in [-0.3, -0.25) is 4.79 Å². The minimum Gasteiger partial charge on any atom is -0.390 e. The topological polar surface area (TPSA) is 95.5 Å². The normalized spacial score (nSPS) is 13.2. The minimum atomic E-state index is -3.22. The summed E-state index contributed by atoms with van der Waals surface area (Å²) in [5.41, 5.74) is 3.35. The smallest absolute Gasteiger partial charge is 0.251 e. The van der Waals surface area contributed by atoms with Gasteiger partial charge >= 0.3 is 0 Å². The number of aryl methyl sites for hydroxylation is 1. The number of nitrogens with one attached hydrogen (secondary N) is 2. The average Bonchev–Trinajstić information content (AvgIpc) is 2.82. The molecule has 3 rings (SSSR count). The van der Waals surface area contributed by atoms with E-state index in [9.17, 15) is 27.1 Å². The Labute approximate surface area is 216 Å². The molecule has 37 heavy (non-hydrogen) atoms. The number of sulfone groups is 1. The Balaban J connectivity index is 1.71. The molecule has 3 aromatic carbocycles. The molecule has 198 valence electrons. The average molecular weight is 531 g/mol. The van der Waals surface area contributed by atoms with Crippen molar-refractivity contribution in [3.8, 4) is 0 Å². The predicted molar refractivity (Wildman–Crippen MR) is 140 cm³/mol. The number of hydrogen-bond donors (Lipinski definition) is 3. The summed E-state index contributed by atoms with van der Waals surface area (Å²) in [6.07, 6.45) is 0.975. The first-order valence-corrected chi connectivity index (χ1v) is 14.1. The van der Waals surface area contributed by atoms with Crippen molar-refractivity contribution in [2.75, 3.05) is 12.8 Å². The molecule has 0 radical (unpaired) electrons. The third-order valence-electron chi connectivity index (χ3n) is 5.89. The SMILES string of the molecule is CCc1cccc(CNC[C@H](O)[C@H](Cc2cc(F)cc(F)c2)NC(=O)c2ccc(CS(C)(=O)=O)cc2)c1. The number of aliphatic hydroxyl groups is 1. The Morgan fingerprint density at radius 2 is 1.57 bits per heavy atom. The van der Waals surface area contributed by atoms with Crippen molar-refractivity contribution in [1.82, 2.24) is 10.6 Å². The number of benzene rings is 3. The summed E-state index contributed by atoms with van der Waals surface area (Å²) in [6, 6.07) is 16.4. The molecule has 0 aliphatic heterocycles. The Kier molecular flexibility index (Phi) is 9.91. The quantitative estimate of drug-likeness (QED) is 0.333. The third kappa shape index (κ3) is 9.35. The molecule has 3 N–H and O–H groups in total. The predicted octanol–water partition coefficient (Wildman–Crippen LogP) is 3.56. The summed E-state index contributed by atoms with van der Waals surface area (Å²) in [5, 5.41) is 16.9. The summed E-state index contributed by atoms with van der Waals surface area (Å²) in [5.74, 6) is -2.13. The van der Waals surface area contributed by atoms with Crippen LogP contribution in [0.15, 0.2) is 66.7 Å². The van der Waals surface area contributed by atoms with Gasteiger partial charge in [-0.05, 0) is 59.4 Å². The first-order valence-electron chi connectivity index (χ1n) is 12.0. The van der Waals surface area contributed by atoms with E-state index in [1.165, 1.54) is 29.8 Å². The second kappa shape index (κ2) is 12.9. The largest absolute Gasteiger partial charge is 0.390 e. The highest BCUT2D eigenvalue weighted by Crippen LogP contribution is 2.14. The van der Waals surface area contributed by atoms with Crippen molar-refractivity contribution in [1.29, 1.82) is 0 Å². The lowest BCUT2D eigenvalue weighted by Gasteiger charge is -2.25. The van der Waals surface area contributed by atoms with Gasteiger partial charge in [-0.15, -0.1) is 0 Å². The van der Waals surface area contributed by atoms with Gasteiger partial charge in [0.05, 0.1) is 17.9 Å². The van der Waals surface area contributed by atoms with Crippen LogP contribution in [-0.4, -0.2) is 44.4 Å². The Hall–Kier alpha value is -3.14. The molecule has 0 saturated carbocycles. The van der Waals surface area contributed by atoms with Crippen molar-refractivity contribution >= 4 is 15.7 Å². The Morgan fingerprint density at radius 1 is 0.919 bits per heavy atom. The summed E-state index contributed by atoms with van der Waals surface area (Å²) >= 11 is 0. The first-order chi connectivity index (χ1) is 17.5. The van der Waals surface area contributed by atoms with Crippen LogP contribution < -0.4 is 10.6 Å². The number of rotatable bonds is 12. The van der Waals surface area contributed by atoms with Gasteiger partial charge in [-0.25, -0.2) is 17.2 Å².